The number of amides is 3. The molecule has 0 bridgehead atoms. The second kappa shape index (κ2) is 8.41. The van der Waals surface area contributed by atoms with Crippen LogP contribution in [0.25, 0.3) is 0 Å². The highest BCUT2D eigenvalue weighted by atomic mass is 16.2. The first kappa shape index (κ1) is 22.0. The molecule has 1 atom stereocenters. The number of benzene rings is 1. The highest BCUT2D eigenvalue weighted by Crippen LogP contribution is 2.27. The highest BCUT2D eigenvalue weighted by Gasteiger charge is 2.46. The van der Waals surface area contributed by atoms with Gasteiger partial charge in [0, 0.05) is 24.8 Å². The molecule has 2 aromatic rings. The second-order valence-electron chi connectivity index (χ2n) is 9.35. The minimum absolute atomic E-state index is 0.148. The summed E-state index contributed by atoms with van der Waals surface area (Å²) in [5, 5.41) is 10.4. The number of hydrogen-bond acceptors (Lipinski definition) is 4. The largest absolute Gasteiger partial charge is 0.351 e. The Bertz CT molecular complexity index is 1050. The van der Waals surface area contributed by atoms with Crippen LogP contribution in [-0.4, -0.2) is 51.0 Å². The van der Waals surface area contributed by atoms with Crippen LogP contribution in [0, 0.1) is 13.8 Å². The zero-order valence-corrected chi connectivity index (χ0v) is 19.2. The summed E-state index contributed by atoms with van der Waals surface area (Å²) in [6.45, 7) is 5.88. The van der Waals surface area contributed by atoms with Gasteiger partial charge in [0.15, 0.2) is 5.69 Å². The van der Waals surface area contributed by atoms with Gasteiger partial charge in [0.2, 0.25) is 5.91 Å². The first-order chi connectivity index (χ1) is 15.2. The lowest BCUT2D eigenvalue weighted by atomic mass is 9.92. The zero-order chi connectivity index (χ0) is 23.0. The molecule has 2 heterocycles. The third-order valence-corrected chi connectivity index (χ3v) is 6.64. The summed E-state index contributed by atoms with van der Waals surface area (Å²) in [6.07, 6.45) is 5.35. The number of hydrogen-bond donors (Lipinski definition) is 2. The SMILES string of the molecule is Cc1cc(C)cc(NC(=O)c2cc3n(n2)CC(C)(C(=O)NC2CCCCC2)N(C)C3=O)c1. The molecule has 3 amide bonds. The molecule has 1 aliphatic heterocycles. The molecule has 0 saturated heterocycles. The van der Waals surface area contributed by atoms with Crippen molar-refractivity contribution in [3.8, 4) is 0 Å². The Morgan fingerprint density at radius 1 is 1.06 bits per heavy atom. The summed E-state index contributed by atoms with van der Waals surface area (Å²) < 4.78 is 1.49. The molecule has 1 aliphatic carbocycles. The molecule has 1 unspecified atom stereocenters. The number of rotatable bonds is 4. The lowest BCUT2D eigenvalue weighted by Gasteiger charge is -2.41. The molecule has 8 heteroatoms. The molecule has 1 fully saturated rings. The molecule has 2 N–H and O–H groups in total. The Balaban J connectivity index is 1.54. The molecule has 0 radical (unpaired) electrons. The van der Waals surface area contributed by atoms with Crippen molar-refractivity contribution in [3.63, 3.8) is 0 Å². The Hall–Kier alpha value is -3.16. The first-order valence-corrected chi connectivity index (χ1v) is 11.2. The van der Waals surface area contributed by atoms with Gasteiger partial charge in [-0.15, -0.1) is 0 Å². The van der Waals surface area contributed by atoms with Crippen molar-refractivity contribution in [2.24, 2.45) is 0 Å². The predicted molar refractivity (Wildman–Crippen MR) is 122 cm³/mol. The van der Waals surface area contributed by atoms with Crippen LogP contribution >= 0.6 is 0 Å². The van der Waals surface area contributed by atoms with Gasteiger partial charge < -0.3 is 15.5 Å². The number of carbonyl (C=O) groups is 3. The van der Waals surface area contributed by atoms with Crippen molar-refractivity contribution >= 4 is 23.4 Å². The summed E-state index contributed by atoms with van der Waals surface area (Å²) >= 11 is 0. The average Bonchev–Trinajstić information content (AvgIpc) is 3.16. The number of nitrogens with zero attached hydrogens (tertiary/aromatic N) is 3. The van der Waals surface area contributed by atoms with E-state index in [1.165, 1.54) is 22.1 Å². The van der Waals surface area contributed by atoms with E-state index in [1.807, 2.05) is 32.0 Å². The van der Waals surface area contributed by atoms with Crippen LogP contribution < -0.4 is 10.6 Å². The van der Waals surface area contributed by atoms with Gasteiger partial charge in [0.05, 0.1) is 6.54 Å². The lowest BCUT2D eigenvalue weighted by Crippen LogP contribution is -2.63. The Labute approximate surface area is 188 Å². The smallest absolute Gasteiger partial charge is 0.276 e. The molecule has 170 valence electrons. The molecular formula is C24H31N5O3. The number of carbonyl (C=O) groups excluding carboxylic acids is 3. The average molecular weight is 438 g/mol. The van der Waals surface area contributed by atoms with Crippen LogP contribution in [0.1, 0.15) is 71.1 Å². The predicted octanol–water partition coefficient (Wildman–Crippen LogP) is 3.05. The fraction of sp³-hybridized carbons (Fsp3) is 0.500. The minimum atomic E-state index is -1.07. The highest BCUT2D eigenvalue weighted by molar-refractivity contribution is 6.06. The summed E-state index contributed by atoms with van der Waals surface area (Å²) in [5.74, 6) is -0.890. The lowest BCUT2D eigenvalue weighted by molar-refractivity contribution is -0.133. The van der Waals surface area contributed by atoms with E-state index < -0.39 is 5.54 Å². The van der Waals surface area contributed by atoms with Crippen LogP contribution in [0.5, 0.6) is 0 Å². The molecule has 8 nitrogen and oxygen atoms in total. The van der Waals surface area contributed by atoms with Gasteiger partial charge in [0.25, 0.3) is 11.8 Å². The number of fused-ring (bicyclic) bond motifs is 1. The molecule has 32 heavy (non-hydrogen) atoms. The quantitative estimate of drug-likeness (QED) is 0.768. The van der Waals surface area contributed by atoms with E-state index in [0.717, 1.165) is 36.8 Å². The van der Waals surface area contributed by atoms with Crippen molar-refractivity contribution in [3.05, 3.63) is 46.8 Å². The monoisotopic (exact) mass is 437 g/mol. The van der Waals surface area contributed by atoms with Crippen molar-refractivity contribution in [1.29, 1.82) is 0 Å². The fourth-order valence-corrected chi connectivity index (χ4v) is 4.67. The maximum atomic E-state index is 13.2. The number of aryl methyl sites for hydroxylation is 2. The molecule has 1 saturated carbocycles. The van der Waals surface area contributed by atoms with Gasteiger partial charge in [0.1, 0.15) is 11.2 Å². The van der Waals surface area contributed by atoms with Crippen molar-refractivity contribution in [2.75, 3.05) is 12.4 Å². The molecule has 1 aromatic carbocycles. The summed E-state index contributed by atoms with van der Waals surface area (Å²) in [5.41, 5.74) is 2.15. The van der Waals surface area contributed by atoms with Gasteiger partial charge in [-0.1, -0.05) is 25.3 Å². The van der Waals surface area contributed by atoms with Crippen molar-refractivity contribution in [2.45, 2.75) is 71.0 Å². The number of nitrogens with one attached hydrogen (secondary N) is 2. The van der Waals surface area contributed by atoms with E-state index in [4.69, 9.17) is 0 Å². The Kier molecular flexibility index (Phi) is 5.79. The van der Waals surface area contributed by atoms with Gasteiger partial charge in [-0.05, 0) is 56.9 Å². The third-order valence-electron chi connectivity index (χ3n) is 6.64. The Morgan fingerprint density at radius 2 is 1.72 bits per heavy atom. The first-order valence-electron chi connectivity index (χ1n) is 11.2. The van der Waals surface area contributed by atoms with Gasteiger partial charge in [-0.2, -0.15) is 5.10 Å². The van der Waals surface area contributed by atoms with E-state index in [1.54, 1.807) is 14.0 Å². The van der Waals surface area contributed by atoms with Gasteiger partial charge in [-0.25, -0.2) is 0 Å². The minimum Gasteiger partial charge on any atom is -0.351 e. The molecule has 1 aromatic heterocycles. The second-order valence-corrected chi connectivity index (χ2v) is 9.35. The fourth-order valence-electron chi connectivity index (χ4n) is 4.67. The van der Waals surface area contributed by atoms with Crippen LogP contribution in [0.4, 0.5) is 5.69 Å². The van der Waals surface area contributed by atoms with Gasteiger partial charge in [-0.3, -0.25) is 19.1 Å². The Morgan fingerprint density at radius 3 is 2.38 bits per heavy atom. The van der Waals surface area contributed by atoms with E-state index in [2.05, 4.69) is 15.7 Å². The molecule has 2 aliphatic rings. The normalized spacial score (nSPS) is 21.2. The van der Waals surface area contributed by atoms with Crippen LogP contribution in [0.2, 0.25) is 0 Å². The molecular weight excluding hydrogens is 406 g/mol. The number of aromatic nitrogens is 2. The topological polar surface area (TPSA) is 96.3 Å². The summed E-state index contributed by atoms with van der Waals surface area (Å²) in [7, 11) is 1.63. The van der Waals surface area contributed by atoms with Gasteiger partial charge >= 0.3 is 0 Å². The van der Waals surface area contributed by atoms with E-state index in [0.29, 0.717) is 11.4 Å². The summed E-state index contributed by atoms with van der Waals surface area (Å²) in [4.78, 5) is 40.5. The van der Waals surface area contributed by atoms with Crippen molar-refractivity contribution < 1.29 is 14.4 Å². The maximum Gasteiger partial charge on any atom is 0.276 e. The van der Waals surface area contributed by atoms with Crippen LogP contribution in [-0.2, 0) is 11.3 Å². The third kappa shape index (κ3) is 4.13. The standard InChI is InChI=1S/C24H31N5O3/c1-15-10-16(2)12-18(11-15)25-21(30)19-13-20-22(31)28(4)24(3,14-29(20)27-19)23(32)26-17-8-6-5-7-9-17/h10-13,17H,5-9,14H2,1-4H3,(H,25,30)(H,26,32). The van der Waals surface area contributed by atoms with Crippen LogP contribution in [0.3, 0.4) is 0 Å². The van der Waals surface area contributed by atoms with E-state index >= 15 is 0 Å². The molecule has 4 rings (SSSR count). The summed E-state index contributed by atoms with van der Waals surface area (Å²) in [6, 6.07) is 7.43. The number of anilines is 1. The van der Waals surface area contributed by atoms with Crippen molar-refractivity contribution in [1.82, 2.24) is 20.0 Å². The van der Waals surface area contributed by atoms with E-state index in [-0.39, 0.29) is 36.0 Å². The molecule has 0 spiro atoms. The zero-order valence-electron chi connectivity index (χ0n) is 19.2. The number of likely N-dealkylation sites (N-methyl/N-ethyl adjacent to an activating group) is 1. The van der Waals surface area contributed by atoms with E-state index in [9.17, 15) is 14.4 Å². The van der Waals surface area contributed by atoms with Crippen LogP contribution in [0.15, 0.2) is 24.3 Å². The maximum absolute atomic E-state index is 13.2.